The predicted molar refractivity (Wildman–Crippen MR) is 176 cm³/mol. The van der Waals surface area contributed by atoms with Crippen LogP contribution in [0.2, 0.25) is 0 Å². The fourth-order valence-electron chi connectivity index (χ4n) is 5.19. The topological polar surface area (TPSA) is 134 Å². The highest BCUT2D eigenvalue weighted by atomic mass is 16.6. The van der Waals surface area contributed by atoms with Gasteiger partial charge in [0.15, 0.2) is 11.6 Å². The molecule has 1 aliphatic heterocycles. The highest BCUT2D eigenvalue weighted by Crippen LogP contribution is 2.44. The van der Waals surface area contributed by atoms with Crippen molar-refractivity contribution in [1.82, 2.24) is 5.32 Å². The van der Waals surface area contributed by atoms with Crippen molar-refractivity contribution in [3.63, 3.8) is 0 Å². The summed E-state index contributed by atoms with van der Waals surface area (Å²) in [6.45, 7) is 5.91. The van der Waals surface area contributed by atoms with Crippen LogP contribution in [0.15, 0.2) is 71.7 Å². The van der Waals surface area contributed by atoms with Crippen LogP contribution in [0.5, 0.6) is 23.0 Å². The first-order chi connectivity index (χ1) is 22.5. The van der Waals surface area contributed by atoms with Gasteiger partial charge < -0.3 is 38.8 Å². The van der Waals surface area contributed by atoms with Crippen molar-refractivity contribution in [2.45, 2.75) is 63.8 Å². The molecular formula is C36H44N2O9. The van der Waals surface area contributed by atoms with Gasteiger partial charge in [-0.1, -0.05) is 12.1 Å². The Morgan fingerprint density at radius 1 is 0.936 bits per heavy atom. The maximum absolute atomic E-state index is 14.5. The molecule has 11 heteroatoms. The van der Waals surface area contributed by atoms with E-state index in [0.29, 0.717) is 47.2 Å². The largest absolute Gasteiger partial charge is 0.497 e. The van der Waals surface area contributed by atoms with Gasteiger partial charge in [-0.2, -0.15) is 0 Å². The van der Waals surface area contributed by atoms with Crippen molar-refractivity contribution in [3.05, 3.63) is 83.4 Å². The molecule has 1 heterocycles. The maximum Gasteiger partial charge on any atom is 0.306 e. The van der Waals surface area contributed by atoms with Gasteiger partial charge in [-0.05, 0) is 81.3 Å². The molecule has 1 amide bonds. The lowest BCUT2D eigenvalue weighted by Gasteiger charge is -2.31. The molecule has 4 rings (SSSR count). The van der Waals surface area contributed by atoms with Crippen molar-refractivity contribution in [1.29, 1.82) is 0 Å². The summed E-state index contributed by atoms with van der Waals surface area (Å²) in [4.78, 5) is 32.5. The van der Waals surface area contributed by atoms with Gasteiger partial charge in [0.05, 0.1) is 27.9 Å². The van der Waals surface area contributed by atoms with Crippen molar-refractivity contribution in [3.8, 4) is 23.0 Å². The fourth-order valence-corrected chi connectivity index (χ4v) is 5.19. The number of ether oxygens (including phenoxy) is 6. The van der Waals surface area contributed by atoms with E-state index in [0.717, 1.165) is 5.56 Å². The van der Waals surface area contributed by atoms with Crippen LogP contribution in [0.1, 0.15) is 62.8 Å². The van der Waals surface area contributed by atoms with Crippen LogP contribution >= 0.6 is 0 Å². The summed E-state index contributed by atoms with van der Waals surface area (Å²) in [5, 5.41) is 12.1. The van der Waals surface area contributed by atoms with Gasteiger partial charge in [0.25, 0.3) is 5.91 Å². The molecule has 0 fully saturated rings. The monoisotopic (exact) mass is 648 g/mol. The van der Waals surface area contributed by atoms with Crippen LogP contribution in [0.3, 0.4) is 0 Å². The summed E-state index contributed by atoms with van der Waals surface area (Å²) in [5.41, 5.74) is -0.272. The first-order valence-electron chi connectivity index (χ1n) is 15.5. The van der Waals surface area contributed by atoms with E-state index in [-0.39, 0.29) is 31.9 Å². The van der Waals surface area contributed by atoms with Crippen molar-refractivity contribution < 1.29 is 43.1 Å². The lowest BCUT2D eigenvalue weighted by molar-refractivity contribution is -0.155. The summed E-state index contributed by atoms with van der Waals surface area (Å²) in [5.74, 6) is 1.70. The van der Waals surface area contributed by atoms with Crippen LogP contribution in [-0.2, 0) is 25.6 Å². The SMILES string of the molecule is COc1cccc([C@H]2OC(c3ccc(OCCCO)cc3)=N[C@@]2(CCC(=O)OC(C)(C)C)C(=O)NCc2ccc(OC)cc2OC)c1. The number of aliphatic hydroxyl groups is 1. The maximum atomic E-state index is 14.5. The molecule has 0 bridgehead atoms. The molecule has 47 heavy (non-hydrogen) atoms. The number of carbonyl (C=O) groups is 2. The Morgan fingerprint density at radius 2 is 1.64 bits per heavy atom. The van der Waals surface area contributed by atoms with E-state index < -0.39 is 29.1 Å². The number of nitrogens with one attached hydrogen (secondary N) is 1. The Hall–Kier alpha value is -4.77. The first-order valence-corrected chi connectivity index (χ1v) is 15.5. The zero-order valence-electron chi connectivity index (χ0n) is 27.8. The second-order valence-electron chi connectivity index (χ2n) is 12.0. The van der Waals surface area contributed by atoms with E-state index >= 15 is 0 Å². The summed E-state index contributed by atoms with van der Waals surface area (Å²) in [7, 11) is 4.67. The van der Waals surface area contributed by atoms with E-state index in [1.54, 1.807) is 90.6 Å². The quantitative estimate of drug-likeness (QED) is 0.169. The molecule has 3 aromatic carbocycles. The van der Waals surface area contributed by atoms with Crippen LogP contribution in [0.25, 0.3) is 0 Å². The van der Waals surface area contributed by atoms with Crippen LogP contribution in [0.4, 0.5) is 0 Å². The Kier molecular flexibility index (Phi) is 11.7. The molecule has 3 aromatic rings. The molecule has 252 valence electrons. The summed E-state index contributed by atoms with van der Waals surface area (Å²) in [6, 6.07) is 19.7. The van der Waals surface area contributed by atoms with Crippen LogP contribution in [-0.4, -0.2) is 68.6 Å². The van der Waals surface area contributed by atoms with Crippen LogP contribution < -0.4 is 24.3 Å². The lowest BCUT2D eigenvalue weighted by Crippen LogP contribution is -2.48. The third kappa shape index (κ3) is 8.94. The number of hydrogen-bond donors (Lipinski definition) is 2. The molecule has 1 aliphatic rings. The Bertz CT molecular complexity index is 1550. The van der Waals surface area contributed by atoms with E-state index in [1.165, 1.54) is 0 Å². The molecule has 0 radical (unpaired) electrons. The number of aliphatic hydroxyl groups excluding tert-OH is 1. The highest BCUT2D eigenvalue weighted by molar-refractivity contribution is 6.01. The minimum Gasteiger partial charge on any atom is -0.497 e. The second-order valence-corrected chi connectivity index (χ2v) is 12.0. The Morgan fingerprint density at radius 3 is 2.30 bits per heavy atom. The number of carbonyl (C=O) groups excluding carboxylic acids is 2. The van der Waals surface area contributed by atoms with Crippen molar-refractivity contribution >= 4 is 17.8 Å². The van der Waals surface area contributed by atoms with Crippen molar-refractivity contribution in [2.24, 2.45) is 4.99 Å². The zero-order chi connectivity index (χ0) is 34.0. The molecular weight excluding hydrogens is 604 g/mol. The van der Waals surface area contributed by atoms with E-state index in [2.05, 4.69) is 5.32 Å². The average molecular weight is 649 g/mol. The van der Waals surface area contributed by atoms with E-state index in [1.807, 2.05) is 18.2 Å². The number of methoxy groups -OCH3 is 3. The van der Waals surface area contributed by atoms with Gasteiger partial charge >= 0.3 is 5.97 Å². The molecule has 0 saturated heterocycles. The van der Waals surface area contributed by atoms with Gasteiger partial charge in [-0.3, -0.25) is 9.59 Å². The van der Waals surface area contributed by atoms with Crippen LogP contribution in [0, 0.1) is 0 Å². The van der Waals surface area contributed by atoms with E-state index in [9.17, 15) is 9.59 Å². The number of hydrogen-bond acceptors (Lipinski definition) is 10. The minimum atomic E-state index is -1.56. The predicted octanol–water partition coefficient (Wildman–Crippen LogP) is 5.17. The number of benzene rings is 3. The fraction of sp³-hybridized carbons (Fsp3) is 0.417. The standard InChI is InChI=1S/C36H44N2O9/c1-35(2,3)47-31(40)17-18-36(34(41)37-23-26-13-16-29(43-5)22-30(26)44-6)32(25-9-7-10-28(21-25)42-4)46-33(38-36)24-11-14-27(15-12-24)45-20-8-19-39/h7,9-16,21-22,32,39H,8,17-20,23H2,1-6H3,(H,37,41)/t32-,36-/m1/s1. The number of amides is 1. The van der Waals surface area contributed by atoms with Gasteiger partial charge in [0, 0.05) is 43.2 Å². The number of nitrogens with zero attached hydrogens (tertiary/aromatic N) is 1. The molecule has 2 N–H and O–H groups in total. The highest BCUT2D eigenvalue weighted by Gasteiger charge is 2.53. The van der Waals surface area contributed by atoms with Gasteiger partial charge in [-0.25, -0.2) is 4.99 Å². The third-order valence-corrected chi connectivity index (χ3v) is 7.49. The van der Waals surface area contributed by atoms with E-state index in [4.69, 9.17) is 38.5 Å². The number of rotatable bonds is 15. The molecule has 0 saturated carbocycles. The molecule has 0 unspecified atom stereocenters. The minimum absolute atomic E-state index is 0.00122. The summed E-state index contributed by atoms with van der Waals surface area (Å²) >= 11 is 0. The zero-order valence-corrected chi connectivity index (χ0v) is 27.8. The number of aliphatic imine (C=N–C) groups is 1. The molecule has 0 spiro atoms. The second kappa shape index (κ2) is 15.7. The average Bonchev–Trinajstić information content (AvgIpc) is 3.47. The van der Waals surface area contributed by atoms with Gasteiger partial charge in [-0.15, -0.1) is 0 Å². The summed E-state index contributed by atoms with van der Waals surface area (Å²) < 4.78 is 34.2. The van der Waals surface area contributed by atoms with Gasteiger partial charge in [0.2, 0.25) is 5.90 Å². The molecule has 0 aliphatic carbocycles. The molecule has 11 nitrogen and oxygen atoms in total. The Labute approximate surface area is 275 Å². The smallest absolute Gasteiger partial charge is 0.306 e. The molecule has 0 aromatic heterocycles. The Balaban J connectivity index is 1.75. The molecule has 2 atom stereocenters. The number of esters is 1. The third-order valence-electron chi connectivity index (χ3n) is 7.49. The summed E-state index contributed by atoms with van der Waals surface area (Å²) in [6.07, 6.45) is -0.485. The normalized spacial score (nSPS) is 17.3. The van der Waals surface area contributed by atoms with Gasteiger partial charge in [0.1, 0.15) is 28.6 Å². The van der Waals surface area contributed by atoms with Crippen molar-refractivity contribution in [2.75, 3.05) is 34.5 Å². The lowest BCUT2D eigenvalue weighted by atomic mass is 9.83. The first kappa shape index (κ1) is 35.1.